The van der Waals surface area contributed by atoms with Crippen LogP contribution in [0.3, 0.4) is 0 Å². The first-order chi connectivity index (χ1) is 15.7. The lowest BCUT2D eigenvalue weighted by Gasteiger charge is -2.07. The second-order valence-corrected chi connectivity index (χ2v) is 7.53. The molecule has 2 aromatic carbocycles. The van der Waals surface area contributed by atoms with Gasteiger partial charge in [0.2, 0.25) is 5.89 Å². The lowest BCUT2D eigenvalue weighted by atomic mass is 10.0. The number of rotatable bonds is 11. The maximum Gasteiger partial charge on any atom is 0.293 e. The van der Waals surface area contributed by atoms with Gasteiger partial charge in [0, 0.05) is 30.8 Å². The minimum atomic E-state index is 0.388. The number of hydrogen-bond acceptors (Lipinski definition) is 5. The molecule has 0 bridgehead atoms. The topological polar surface area (TPSA) is 77.3 Å². The number of carbonyl (C=O) groups is 1. The maximum atomic E-state index is 10.3. The van der Waals surface area contributed by atoms with Crippen LogP contribution < -0.4 is 4.74 Å². The van der Waals surface area contributed by atoms with Crippen LogP contribution in [0.1, 0.15) is 28.1 Å². The van der Waals surface area contributed by atoms with Gasteiger partial charge < -0.3 is 18.9 Å². The van der Waals surface area contributed by atoms with Crippen LogP contribution in [0.15, 0.2) is 71.4 Å². The number of oxazole rings is 1. The number of ether oxygens (including phenoxy) is 2. The molecule has 32 heavy (non-hydrogen) atoms. The van der Waals surface area contributed by atoms with Gasteiger partial charge in [-0.1, -0.05) is 30.3 Å². The van der Waals surface area contributed by atoms with Crippen LogP contribution in [0.2, 0.25) is 0 Å². The molecular formula is C26H26N2O4. The predicted molar refractivity (Wildman–Crippen MR) is 122 cm³/mol. The summed E-state index contributed by atoms with van der Waals surface area (Å²) in [4.78, 5) is 18.1. The first-order valence-electron chi connectivity index (χ1n) is 10.7. The summed E-state index contributed by atoms with van der Waals surface area (Å²) < 4.78 is 16.5. The molecule has 1 N–H and O–H groups in total. The molecule has 0 fully saturated rings. The Morgan fingerprint density at radius 2 is 1.75 bits per heavy atom. The highest BCUT2D eigenvalue weighted by Gasteiger charge is 2.11. The van der Waals surface area contributed by atoms with Gasteiger partial charge in [0.05, 0.1) is 18.9 Å². The van der Waals surface area contributed by atoms with Gasteiger partial charge in [-0.15, -0.1) is 0 Å². The Morgan fingerprint density at radius 3 is 2.53 bits per heavy atom. The quantitative estimate of drug-likeness (QED) is 0.270. The number of nitrogens with one attached hydrogen (secondary N) is 1. The molecular weight excluding hydrogens is 404 g/mol. The minimum Gasteiger partial charge on any atom is -0.493 e. The zero-order chi connectivity index (χ0) is 22.2. The molecule has 0 atom stereocenters. The van der Waals surface area contributed by atoms with Gasteiger partial charge in [0.15, 0.2) is 0 Å². The van der Waals surface area contributed by atoms with Crippen molar-refractivity contribution in [2.75, 3.05) is 13.2 Å². The van der Waals surface area contributed by atoms with Crippen molar-refractivity contribution in [1.82, 2.24) is 9.97 Å². The average molecular weight is 431 g/mol. The summed E-state index contributed by atoms with van der Waals surface area (Å²) in [5, 5.41) is 0. The first-order valence-corrected chi connectivity index (χ1v) is 10.7. The summed E-state index contributed by atoms with van der Waals surface area (Å²) in [6.07, 6.45) is 6.13. The standard InChI is InChI=1S/C26H26N2O4/c1-19-25(28-26(32-19)21-5-3-2-4-6-21)12-14-31-24-9-7-20(8-10-24)15-23-17-27-16-22(23)11-13-30-18-29/h2-10,16-18,27H,11-15H2,1H3. The van der Waals surface area contributed by atoms with E-state index < -0.39 is 0 Å². The van der Waals surface area contributed by atoms with Crippen molar-refractivity contribution in [3.8, 4) is 17.2 Å². The van der Waals surface area contributed by atoms with Crippen molar-refractivity contribution < 1.29 is 18.7 Å². The van der Waals surface area contributed by atoms with Crippen LogP contribution in [-0.4, -0.2) is 29.7 Å². The SMILES string of the molecule is Cc1oc(-c2ccccc2)nc1CCOc1ccc(Cc2c[nH]cc2CCOC=O)cc1. The largest absolute Gasteiger partial charge is 0.493 e. The van der Waals surface area contributed by atoms with Gasteiger partial charge >= 0.3 is 0 Å². The Balaban J connectivity index is 1.29. The molecule has 0 aliphatic heterocycles. The number of aromatic nitrogens is 2. The zero-order valence-electron chi connectivity index (χ0n) is 18.0. The first kappa shape index (κ1) is 21.4. The number of carbonyl (C=O) groups excluding carboxylic acids is 1. The fourth-order valence-corrected chi connectivity index (χ4v) is 3.60. The molecule has 0 unspecified atom stereocenters. The molecule has 4 rings (SSSR count). The van der Waals surface area contributed by atoms with E-state index in [1.54, 1.807) is 0 Å². The van der Waals surface area contributed by atoms with Crippen molar-refractivity contribution in [1.29, 1.82) is 0 Å². The smallest absolute Gasteiger partial charge is 0.293 e. The van der Waals surface area contributed by atoms with Crippen LogP contribution in [-0.2, 0) is 28.8 Å². The fraction of sp³-hybridized carbons (Fsp3) is 0.231. The summed E-state index contributed by atoms with van der Waals surface area (Å²) in [6.45, 7) is 3.33. The molecule has 0 saturated carbocycles. The Hall–Kier alpha value is -3.80. The van der Waals surface area contributed by atoms with Crippen molar-refractivity contribution >= 4 is 6.47 Å². The highest BCUT2D eigenvalue weighted by Crippen LogP contribution is 2.22. The monoisotopic (exact) mass is 430 g/mol. The molecule has 2 heterocycles. The van der Waals surface area contributed by atoms with Crippen molar-refractivity contribution in [3.63, 3.8) is 0 Å². The molecule has 0 aliphatic rings. The highest BCUT2D eigenvalue weighted by molar-refractivity contribution is 5.53. The second-order valence-electron chi connectivity index (χ2n) is 7.53. The van der Waals surface area contributed by atoms with E-state index in [9.17, 15) is 4.79 Å². The number of H-pyrrole nitrogens is 1. The maximum absolute atomic E-state index is 10.3. The molecule has 6 nitrogen and oxygen atoms in total. The third-order valence-corrected chi connectivity index (χ3v) is 5.32. The van der Waals surface area contributed by atoms with Crippen molar-refractivity contribution in [2.45, 2.75) is 26.2 Å². The van der Waals surface area contributed by atoms with Gasteiger partial charge in [-0.3, -0.25) is 4.79 Å². The number of benzene rings is 2. The summed E-state index contributed by atoms with van der Waals surface area (Å²) in [7, 11) is 0. The fourth-order valence-electron chi connectivity index (χ4n) is 3.60. The molecule has 0 spiro atoms. The van der Waals surface area contributed by atoms with Crippen molar-refractivity contribution in [2.24, 2.45) is 0 Å². The van der Waals surface area contributed by atoms with Crippen LogP contribution in [0.4, 0.5) is 0 Å². The third-order valence-electron chi connectivity index (χ3n) is 5.32. The van der Waals surface area contributed by atoms with Gasteiger partial charge in [-0.05, 0) is 54.3 Å². The van der Waals surface area contributed by atoms with E-state index in [4.69, 9.17) is 13.9 Å². The number of hydrogen-bond donors (Lipinski definition) is 1. The minimum absolute atomic E-state index is 0.388. The van der Waals surface area contributed by atoms with E-state index in [1.807, 2.05) is 61.8 Å². The molecule has 0 aliphatic carbocycles. The molecule has 0 radical (unpaired) electrons. The lowest BCUT2D eigenvalue weighted by Crippen LogP contribution is -2.03. The molecule has 4 aromatic rings. The molecule has 6 heteroatoms. The van der Waals surface area contributed by atoms with Crippen LogP contribution in [0.25, 0.3) is 11.5 Å². The second kappa shape index (κ2) is 10.5. The lowest BCUT2D eigenvalue weighted by molar-refractivity contribution is -0.128. The van der Waals surface area contributed by atoms with E-state index in [2.05, 4.69) is 22.1 Å². The Bertz CT molecular complexity index is 1130. The predicted octanol–water partition coefficient (Wildman–Crippen LogP) is 4.91. The summed E-state index contributed by atoms with van der Waals surface area (Å²) in [5.41, 5.74) is 5.43. The van der Waals surface area contributed by atoms with Crippen molar-refractivity contribution in [3.05, 3.63) is 95.1 Å². The summed E-state index contributed by atoms with van der Waals surface area (Å²) in [6, 6.07) is 18.0. The summed E-state index contributed by atoms with van der Waals surface area (Å²) >= 11 is 0. The number of aromatic amines is 1. The average Bonchev–Trinajstić information content (AvgIpc) is 3.42. The summed E-state index contributed by atoms with van der Waals surface area (Å²) in [5.74, 6) is 2.29. The third kappa shape index (κ3) is 5.46. The van der Waals surface area contributed by atoms with Gasteiger partial charge in [0.1, 0.15) is 11.5 Å². The van der Waals surface area contributed by atoms with E-state index in [-0.39, 0.29) is 0 Å². The van der Waals surface area contributed by atoms with Crippen LogP contribution in [0.5, 0.6) is 5.75 Å². The van der Waals surface area contributed by atoms with Crippen LogP contribution >= 0.6 is 0 Å². The Kier molecular flexibility index (Phi) is 7.02. The molecule has 0 saturated heterocycles. The van der Waals surface area contributed by atoms with Crippen LogP contribution in [0, 0.1) is 6.92 Å². The zero-order valence-corrected chi connectivity index (χ0v) is 18.0. The van der Waals surface area contributed by atoms with Gasteiger partial charge in [-0.25, -0.2) is 4.98 Å². The highest BCUT2D eigenvalue weighted by atomic mass is 16.5. The molecule has 164 valence electrons. The Labute approximate surface area is 187 Å². The van der Waals surface area contributed by atoms with Gasteiger partial charge in [0.25, 0.3) is 6.47 Å². The molecule has 0 amide bonds. The van der Waals surface area contributed by atoms with E-state index in [1.165, 1.54) is 11.1 Å². The Morgan fingerprint density at radius 1 is 0.969 bits per heavy atom. The van der Waals surface area contributed by atoms with Gasteiger partial charge in [-0.2, -0.15) is 0 Å². The van der Waals surface area contributed by atoms with E-state index in [0.29, 0.717) is 38.4 Å². The number of aryl methyl sites for hydroxylation is 1. The number of nitrogens with zero attached hydrogens (tertiary/aromatic N) is 1. The normalized spacial score (nSPS) is 10.8. The molecule has 2 aromatic heterocycles. The van der Waals surface area contributed by atoms with E-state index in [0.717, 1.165) is 34.8 Å². The van der Waals surface area contributed by atoms with E-state index >= 15 is 0 Å².